The van der Waals surface area contributed by atoms with E-state index in [1.165, 1.54) is 31.5 Å². The van der Waals surface area contributed by atoms with Crippen molar-refractivity contribution in [1.29, 1.82) is 0 Å². The lowest BCUT2D eigenvalue weighted by molar-refractivity contribution is 0.255. The molecule has 1 saturated heterocycles. The Bertz CT molecular complexity index is 401. The van der Waals surface area contributed by atoms with E-state index in [0.717, 1.165) is 37.6 Å². The zero-order valence-electron chi connectivity index (χ0n) is 12.7. The highest BCUT2D eigenvalue weighted by Gasteiger charge is 2.09. The van der Waals surface area contributed by atoms with Crippen molar-refractivity contribution >= 4 is 0 Å². The highest BCUT2D eigenvalue weighted by Crippen LogP contribution is 2.27. The van der Waals surface area contributed by atoms with Crippen molar-refractivity contribution in [3.8, 4) is 11.5 Å². The molecular formula is C16H26N2O2. The van der Waals surface area contributed by atoms with E-state index in [2.05, 4.69) is 22.3 Å². The van der Waals surface area contributed by atoms with Crippen LogP contribution in [0.15, 0.2) is 18.2 Å². The lowest BCUT2D eigenvalue weighted by Crippen LogP contribution is -2.35. The summed E-state index contributed by atoms with van der Waals surface area (Å²) >= 11 is 0. The predicted octanol–water partition coefficient (Wildman–Crippen LogP) is 1.93. The Hall–Kier alpha value is -1.26. The maximum atomic E-state index is 5.36. The number of methoxy groups -OCH3 is 2. The van der Waals surface area contributed by atoms with E-state index in [-0.39, 0.29) is 0 Å². The molecule has 1 aliphatic heterocycles. The van der Waals surface area contributed by atoms with Crippen LogP contribution < -0.4 is 14.8 Å². The summed E-state index contributed by atoms with van der Waals surface area (Å²) in [6, 6.07) is 6.21. The van der Waals surface area contributed by atoms with Crippen molar-refractivity contribution < 1.29 is 9.47 Å². The van der Waals surface area contributed by atoms with E-state index in [9.17, 15) is 0 Å². The SMILES string of the molecule is COc1ccc(CCN2CCCNCCC2)cc1OC. The molecule has 0 aliphatic carbocycles. The van der Waals surface area contributed by atoms with Crippen LogP contribution in [0.25, 0.3) is 0 Å². The first-order valence-corrected chi connectivity index (χ1v) is 7.47. The molecule has 0 bridgehead atoms. The van der Waals surface area contributed by atoms with Gasteiger partial charge in [0.25, 0.3) is 0 Å². The smallest absolute Gasteiger partial charge is 0.160 e. The van der Waals surface area contributed by atoms with Gasteiger partial charge in [0.15, 0.2) is 11.5 Å². The van der Waals surface area contributed by atoms with Crippen LogP contribution in [0.2, 0.25) is 0 Å². The molecule has 0 saturated carbocycles. The Labute approximate surface area is 122 Å². The number of hydrogen-bond acceptors (Lipinski definition) is 4. The summed E-state index contributed by atoms with van der Waals surface area (Å²) < 4.78 is 10.6. The lowest BCUT2D eigenvalue weighted by atomic mass is 10.1. The molecule has 4 heteroatoms. The molecule has 1 aromatic carbocycles. The number of nitrogens with zero attached hydrogens (tertiary/aromatic N) is 1. The van der Waals surface area contributed by atoms with E-state index in [4.69, 9.17) is 9.47 Å². The van der Waals surface area contributed by atoms with Gasteiger partial charge in [0, 0.05) is 6.54 Å². The summed E-state index contributed by atoms with van der Waals surface area (Å²) in [4.78, 5) is 2.57. The fraction of sp³-hybridized carbons (Fsp3) is 0.625. The standard InChI is InChI=1S/C16H26N2O2/c1-19-15-6-5-14(13-16(15)20-2)7-12-18-10-3-8-17-9-4-11-18/h5-6,13,17H,3-4,7-12H2,1-2H3. The van der Waals surface area contributed by atoms with Crippen molar-refractivity contribution in [2.75, 3.05) is 46.9 Å². The van der Waals surface area contributed by atoms with Crippen LogP contribution in [-0.2, 0) is 6.42 Å². The quantitative estimate of drug-likeness (QED) is 0.892. The van der Waals surface area contributed by atoms with Crippen LogP contribution in [0.5, 0.6) is 11.5 Å². The summed E-state index contributed by atoms with van der Waals surface area (Å²) in [5.41, 5.74) is 1.31. The van der Waals surface area contributed by atoms with Crippen LogP contribution in [-0.4, -0.2) is 51.8 Å². The van der Waals surface area contributed by atoms with Crippen molar-refractivity contribution in [2.24, 2.45) is 0 Å². The minimum absolute atomic E-state index is 0.800. The Balaban J connectivity index is 1.89. The molecule has 0 radical (unpaired) electrons. The first kappa shape index (κ1) is 15.1. The van der Waals surface area contributed by atoms with Gasteiger partial charge in [-0.05, 0) is 63.1 Å². The highest BCUT2D eigenvalue weighted by atomic mass is 16.5. The number of benzene rings is 1. The second kappa shape index (κ2) is 8.12. The highest BCUT2D eigenvalue weighted by molar-refractivity contribution is 5.42. The molecule has 0 spiro atoms. The van der Waals surface area contributed by atoms with Gasteiger partial charge in [-0.15, -0.1) is 0 Å². The van der Waals surface area contributed by atoms with Gasteiger partial charge in [0.05, 0.1) is 14.2 Å². The molecule has 1 N–H and O–H groups in total. The Kier molecular flexibility index (Phi) is 6.15. The third-order valence-electron chi connectivity index (χ3n) is 3.82. The lowest BCUT2D eigenvalue weighted by Gasteiger charge is -2.24. The summed E-state index contributed by atoms with van der Waals surface area (Å²) in [5.74, 6) is 1.62. The Morgan fingerprint density at radius 1 is 1.05 bits per heavy atom. The molecule has 1 fully saturated rings. The normalized spacial score (nSPS) is 17.3. The molecule has 112 valence electrons. The molecule has 0 unspecified atom stereocenters. The van der Waals surface area contributed by atoms with Crippen LogP contribution >= 0.6 is 0 Å². The summed E-state index contributed by atoms with van der Waals surface area (Å²) in [6.45, 7) is 5.80. The summed E-state index contributed by atoms with van der Waals surface area (Å²) in [5, 5.41) is 3.45. The molecule has 0 atom stereocenters. The first-order chi connectivity index (χ1) is 9.83. The number of nitrogens with one attached hydrogen (secondary N) is 1. The molecule has 0 amide bonds. The zero-order chi connectivity index (χ0) is 14.2. The van der Waals surface area contributed by atoms with Gasteiger partial charge in [-0.3, -0.25) is 0 Å². The van der Waals surface area contributed by atoms with E-state index in [1.807, 2.05) is 6.07 Å². The van der Waals surface area contributed by atoms with Gasteiger partial charge in [-0.25, -0.2) is 0 Å². The number of hydrogen-bond donors (Lipinski definition) is 1. The molecular weight excluding hydrogens is 252 g/mol. The van der Waals surface area contributed by atoms with Crippen LogP contribution in [0.4, 0.5) is 0 Å². The van der Waals surface area contributed by atoms with Gasteiger partial charge in [0.2, 0.25) is 0 Å². The fourth-order valence-electron chi connectivity index (χ4n) is 2.64. The topological polar surface area (TPSA) is 33.7 Å². The predicted molar refractivity (Wildman–Crippen MR) is 81.8 cm³/mol. The molecule has 1 heterocycles. The van der Waals surface area contributed by atoms with E-state index in [1.54, 1.807) is 14.2 Å². The summed E-state index contributed by atoms with van der Waals surface area (Å²) in [6.07, 6.45) is 3.55. The van der Waals surface area contributed by atoms with Crippen molar-refractivity contribution in [1.82, 2.24) is 10.2 Å². The molecule has 2 rings (SSSR count). The molecule has 4 nitrogen and oxygen atoms in total. The molecule has 1 aromatic rings. The van der Waals surface area contributed by atoms with Crippen molar-refractivity contribution in [3.05, 3.63) is 23.8 Å². The van der Waals surface area contributed by atoms with Crippen molar-refractivity contribution in [3.63, 3.8) is 0 Å². The Morgan fingerprint density at radius 2 is 1.75 bits per heavy atom. The second-order valence-corrected chi connectivity index (χ2v) is 5.24. The minimum Gasteiger partial charge on any atom is -0.493 e. The zero-order valence-corrected chi connectivity index (χ0v) is 12.7. The fourth-order valence-corrected chi connectivity index (χ4v) is 2.64. The maximum absolute atomic E-state index is 5.36. The maximum Gasteiger partial charge on any atom is 0.160 e. The summed E-state index contributed by atoms with van der Waals surface area (Å²) in [7, 11) is 3.36. The van der Waals surface area contributed by atoms with Crippen LogP contribution in [0.1, 0.15) is 18.4 Å². The van der Waals surface area contributed by atoms with Crippen molar-refractivity contribution in [2.45, 2.75) is 19.3 Å². The minimum atomic E-state index is 0.800. The third-order valence-corrected chi connectivity index (χ3v) is 3.82. The molecule has 0 aromatic heterocycles. The number of ether oxygens (including phenoxy) is 2. The molecule has 20 heavy (non-hydrogen) atoms. The largest absolute Gasteiger partial charge is 0.493 e. The van der Waals surface area contributed by atoms with Gasteiger partial charge in [-0.2, -0.15) is 0 Å². The Morgan fingerprint density at radius 3 is 2.40 bits per heavy atom. The van der Waals surface area contributed by atoms with Gasteiger partial charge in [-0.1, -0.05) is 6.07 Å². The first-order valence-electron chi connectivity index (χ1n) is 7.47. The van der Waals surface area contributed by atoms with Gasteiger partial charge in [0.1, 0.15) is 0 Å². The van der Waals surface area contributed by atoms with Crippen LogP contribution in [0.3, 0.4) is 0 Å². The molecule has 1 aliphatic rings. The third kappa shape index (κ3) is 4.39. The average Bonchev–Trinajstić information content (AvgIpc) is 2.45. The number of rotatable bonds is 5. The van der Waals surface area contributed by atoms with E-state index < -0.39 is 0 Å². The second-order valence-electron chi connectivity index (χ2n) is 5.24. The van der Waals surface area contributed by atoms with E-state index >= 15 is 0 Å². The average molecular weight is 278 g/mol. The van der Waals surface area contributed by atoms with Crippen LogP contribution in [0, 0.1) is 0 Å². The van der Waals surface area contributed by atoms with Gasteiger partial charge < -0.3 is 19.7 Å². The monoisotopic (exact) mass is 278 g/mol. The van der Waals surface area contributed by atoms with Gasteiger partial charge >= 0.3 is 0 Å². The van der Waals surface area contributed by atoms with E-state index in [0.29, 0.717) is 0 Å².